The quantitative estimate of drug-likeness (QED) is 0.754. The lowest BCUT2D eigenvalue weighted by atomic mass is 9.65. The van der Waals surface area contributed by atoms with Crippen molar-refractivity contribution in [3.05, 3.63) is 12.7 Å². The molecular formula is C15H23NO4. The Bertz CT molecular complexity index is 403. The van der Waals surface area contributed by atoms with Crippen LogP contribution < -0.4 is 0 Å². The third kappa shape index (κ3) is 2.73. The van der Waals surface area contributed by atoms with E-state index in [1.807, 2.05) is 0 Å². The maximum Gasteiger partial charge on any atom is 0.305 e. The SMILES string of the molecule is C=CCC1(C(=O)N2CC(OC)CC2CC(=O)O)CCC1. The number of carboxylic acids is 1. The van der Waals surface area contributed by atoms with Crippen LogP contribution in [0, 0.1) is 5.41 Å². The predicted octanol–water partition coefficient (Wildman–Crippen LogP) is 1.82. The van der Waals surface area contributed by atoms with Crippen molar-refractivity contribution in [2.75, 3.05) is 13.7 Å². The number of carbonyl (C=O) groups excluding carboxylic acids is 1. The molecule has 2 aliphatic rings. The van der Waals surface area contributed by atoms with Crippen LogP contribution in [0.25, 0.3) is 0 Å². The maximum absolute atomic E-state index is 12.8. The monoisotopic (exact) mass is 281 g/mol. The average molecular weight is 281 g/mol. The van der Waals surface area contributed by atoms with E-state index in [1.165, 1.54) is 0 Å². The van der Waals surface area contributed by atoms with Crippen molar-refractivity contribution < 1.29 is 19.4 Å². The molecule has 2 atom stereocenters. The smallest absolute Gasteiger partial charge is 0.305 e. The minimum Gasteiger partial charge on any atom is -0.481 e. The molecule has 1 heterocycles. The van der Waals surface area contributed by atoms with Crippen LogP contribution in [0.15, 0.2) is 12.7 Å². The van der Waals surface area contributed by atoms with Gasteiger partial charge in [0.05, 0.1) is 17.9 Å². The highest BCUT2D eigenvalue weighted by Crippen LogP contribution is 2.47. The van der Waals surface area contributed by atoms with Gasteiger partial charge in [-0.1, -0.05) is 12.5 Å². The van der Waals surface area contributed by atoms with Gasteiger partial charge in [0.1, 0.15) is 0 Å². The molecule has 1 aliphatic carbocycles. The van der Waals surface area contributed by atoms with Gasteiger partial charge in [-0.25, -0.2) is 0 Å². The van der Waals surface area contributed by atoms with Crippen molar-refractivity contribution >= 4 is 11.9 Å². The summed E-state index contributed by atoms with van der Waals surface area (Å²) in [6, 6.07) is -0.243. The fourth-order valence-corrected chi connectivity index (χ4v) is 3.38. The van der Waals surface area contributed by atoms with Gasteiger partial charge in [-0.05, 0) is 25.7 Å². The largest absolute Gasteiger partial charge is 0.481 e. The van der Waals surface area contributed by atoms with Crippen molar-refractivity contribution in [3.63, 3.8) is 0 Å². The molecule has 112 valence electrons. The summed E-state index contributed by atoms with van der Waals surface area (Å²) in [5.41, 5.74) is -0.332. The molecule has 1 saturated heterocycles. The molecule has 1 saturated carbocycles. The Morgan fingerprint density at radius 1 is 1.50 bits per heavy atom. The second-order valence-electron chi connectivity index (χ2n) is 5.93. The normalized spacial score (nSPS) is 27.9. The highest BCUT2D eigenvalue weighted by atomic mass is 16.5. The second-order valence-corrected chi connectivity index (χ2v) is 5.93. The van der Waals surface area contributed by atoms with Gasteiger partial charge in [-0.3, -0.25) is 9.59 Å². The fourth-order valence-electron chi connectivity index (χ4n) is 3.38. The molecule has 2 rings (SSSR count). The molecule has 1 aliphatic heterocycles. The number of carbonyl (C=O) groups is 2. The molecule has 0 aromatic heterocycles. The molecule has 0 aromatic rings. The number of nitrogens with zero attached hydrogens (tertiary/aromatic N) is 1. The molecule has 0 spiro atoms. The Morgan fingerprint density at radius 2 is 2.20 bits per heavy atom. The molecule has 5 nitrogen and oxygen atoms in total. The lowest BCUT2D eigenvalue weighted by molar-refractivity contribution is -0.150. The maximum atomic E-state index is 12.8. The van der Waals surface area contributed by atoms with E-state index >= 15 is 0 Å². The number of carboxylic acid groups (broad SMARTS) is 1. The van der Waals surface area contributed by atoms with Gasteiger partial charge in [-0.15, -0.1) is 6.58 Å². The zero-order valence-electron chi connectivity index (χ0n) is 12.0. The van der Waals surface area contributed by atoms with E-state index in [4.69, 9.17) is 9.84 Å². The number of allylic oxidation sites excluding steroid dienone is 1. The van der Waals surface area contributed by atoms with Crippen LogP contribution in [-0.4, -0.2) is 47.7 Å². The summed E-state index contributed by atoms with van der Waals surface area (Å²) in [6.07, 6.45) is 5.85. The number of ether oxygens (including phenoxy) is 1. The Kier molecular flexibility index (Phi) is 4.48. The first-order valence-electron chi connectivity index (χ1n) is 7.19. The molecule has 5 heteroatoms. The predicted molar refractivity (Wildman–Crippen MR) is 74.3 cm³/mol. The van der Waals surface area contributed by atoms with Gasteiger partial charge in [0.2, 0.25) is 5.91 Å². The lowest BCUT2D eigenvalue weighted by Crippen LogP contribution is -2.50. The first kappa shape index (κ1) is 15.0. The molecule has 0 bridgehead atoms. The second kappa shape index (κ2) is 5.95. The minimum absolute atomic E-state index is 0.00420. The summed E-state index contributed by atoms with van der Waals surface area (Å²) in [6.45, 7) is 4.25. The van der Waals surface area contributed by atoms with Crippen LogP contribution in [0.1, 0.15) is 38.5 Å². The first-order valence-corrected chi connectivity index (χ1v) is 7.19. The minimum atomic E-state index is -0.865. The van der Waals surface area contributed by atoms with Crippen LogP contribution in [-0.2, 0) is 14.3 Å². The molecule has 2 unspecified atom stereocenters. The standard InChI is InChI=1S/C15H23NO4/c1-3-5-15(6-4-7-15)14(19)16-10-12(20-2)8-11(16)9-13(17)18/h3,11-12H,1,4-10H2,2H3,(H,17,18). The molecule has 2 fully saturated rings. The van der Waals surface area contributed by atoms with E-state index in [1.54, 1.807) is 18.1 Å². The van der Waals surface area contributed by atoms with Crippen LogP contribution in [0.4, 0.5) is 0 Å². The molecule has 1 amide bonds. The van der Waals surface area contributed by atoms with Crippen LogP contribution in [0.3, 0.4) is 0 Å². The van der Waals surface area contributed by atoms with Gasteiger partial charge in [0.15, 0.2) is 0 Å². The van der Waals surface area contributed by atoms with Crippen LogP contribution >= 0.6 is 0 Å². The molecular weight excluding hydrogens is 258 g/mol. The molecule has 20 heavy (non-hydrogen) atoms. The molecule has 1 N–H and O–H groups in total. The first-order chi connectivity index (χ1) is 9.52. The van der Waals surface area contributed by atoms with Gasteiger partial charge >= 0.3 is 5.97 Å². The van der Waals surface area contributed by atoms with Crippen molar-refractivity contribution in [2.24, 2.45) is 5.41 Å². The zero-order chi connectivity index (χ0) is 14.8. The summed E-state index contributed by atoms with van der Waals surface area (Å²) in [5, 5.41) is 9.01. The number of rotatable bonds is 6. The van der Waals surface area contributed by atoms with Crippen LogP contribution in [0.5, 0.6) is 0 Å². The lowest BCUT2D eigenvalue weighted by Gasteiger charge is -2.43. The number of hydrogen-bond acceptors (Lipinski definition) is 3. The van der Waals surface area contributed by atoms with E-state index < -0.39 is 5.97 Å². The van der Waals surface area contributed by atoms with E-state index in [0.717, 1.165) is 19.3 Å². The van der Waals surface area contributed by atoms with Crippen molar-refractivity contribution in [1.29, 1.82) is 0 Å². The third-order valence-corrected chi connectivity index (χ3v) is 4.68. The number of amides is 1. The van der Waals surface area contributed by atoms with Gasteiger partial charge in [0.25, 0.3) is 0 Å². The summed E-state index contributed by atoms with van der Waals surface area (Å²) < 4.78 is 5.32. The summed E-state index contributed by atoms with van der Waals surface area (Å²) in [4.78, 5) is 25.5. The van der Waals surface area contributed by atoms with Gasteiger partial charge in [-0.2, -0.15) is 0 Å². The van der Waals surface area contributed by atoms with E-state index in [2.05, 4.69) is 6.58 Å². The van der Waals surface area contributed by atoms with Crippen molar-refractivity contribution in [2.45, 2.75) is 50.7 Å². The number of hydrogen-bond donors (Lipinski definition) is 1. The molecule has 0 radical (unpaired) electrons. The summed E-state index contributed by atoms with van der Waals surface area (Å²) >= 11 is 0. The molecule has 0 aromatic carbocycles. The Hall–Kier alpha value is -1.36. The highest BCUT2D eigenvalue weighted by molar-refractivity contribution is 5.85. The van der Waals surface area contributed by atoms with Crippen LogP contribution in [0.2, 0.25) is 0 Å². The number of methoxy groups -OCH3 is 1. The zero-order valence-corrected chi connectivity index (χ0v) is 12.0. The summed E-state index contributed by atoms with van der Waals surface area (Å²) in [7, 11) is 1.61. The van der Waals surface area contributed by atoms with Gasteiger partial charge in [0, 0.05) is 19.7 Å². The topological polar surface area (TPSA) is 66.8 Å². The third-order valence-electron chi connectivity index (χ3n) is 4.68. The van der Waals surface area contributed by atoms with E-state index in [-0.39, 0.29) is 29.9 Å². The number of aliphatic carboxylic acids is 1. The van der Waals surface area contributed by atoms with Crippen molar-refractivity contribution in [3.8, 4) is 0 Å². The van der Waals surface area contributed by atoms with E-state index in [9.17, 15) is 9.59 Å². The Morgan fingerprint density at radius 3 is 2.65 bits per heavy atom. The average Bonchev–Trinajstić information content (AvgIpc) is 2.75. The van der Waals surface area contributed by atoms with Crippen molar-refractivity contribution in [1.82, 2.24) is 4.90 Å². The summed E-state index contributed by atoms with van der Waals surface area (Å²) in [5.74, 6) is -0.773. The fraction of sp³-hybridized carbons (Fsp3) is 0.733. The van der Waals surface area contributed by atoms with Gasteiger partial charge < -0.3 is 14.7 Å². The van der Waals surface area contributed by atoms with E-state index in [0.29, 0.717) is 19.4 Å². The Balaban J connectivity index is 2.13. The number of likely N-dealkylation sites (tertiary alicyclic amines) is 1. The Labute approximate surface area is 119 Å². The highest BCUT2D eigenvalue weighted by Gasteiger charge is 2.49.